The lowest BCUT2D eigenvalue weighted by Gasteiger charge is -2.35. The minimum Gasteiger partial charge on any atom is -0.373 e. The van der Waals surface area contributed by atoms with Gasteiger partial charge in [0.2, 0.25) is 10.0 Å². The third kappa shape index (κ3) is 6.13. The van der Waals surface area contributed by atoms with Gasteiger partial charge in [-0.2, -0.15) is 0 Å². The smallest absolute Gasteiger partial charge is 0.211 e. The van der Waals surface area contributed by atoms with Crippen molar-refractivity contribution in [2.24, 2.45) is 0 Å². The highest BCUT2D eigenvalue weighted by Crippen LogP contribution is 2.11. The van der Waals surface area contributed by atoms with E-state index in [1.165, 1.54) is 0 Å². The average molecular weight is 278 g/mol. The third-order valence-electron chi connectivity index (χ3n) is 3.10. The average Bonchev–Trinajstić information content (AvgIpc) is 2.27. The van der Waals surface area contributed by atoms with E-state index in [1.54, 1.807) is 6.92 Å². The van der Waals surface area contributed by atoms with Crippen molar-refractivity contribution in [1.29, 1.82) is 0 Å². The predicted octanol–water partition coefficient (Wildman–Crippen LogP) is 0.815. The van der Waals surface area contributed by atoms with E-state index in [0.717, 1.165) is 32.5 Å². The van der Waals surface area contributed by atoms with Crippen LogP contribution < -0.4 is 4.72 Å². The SMILES string of the molecule is CCS(=O)(=O)NCCCCN1CC(C)OC(C)C1. The highest BCUT2D eigenvalue weighted by atomic mass is 32.2. The zero-order chi connectivity index (χ0) is 13.6. The van der Waals surface area contributed by atoms with Crippen LogP contribution in [0.15, 0.2) is 0 Å². The number of ether oxygens (including phenoxy) is 1. The van der Waals surface area contributed by atoms with Gasteiger partial charge in [-0.3, -0.25) is 4.90 Å². The lowest BCUT2D eigenvalue weighted by molar-refractivity contribution is -0.0681. The van der Waals surface area contributed by atoms with Crippen LogP contribution in [0.1, 0.15) is 33.6 Å². The molecule has 0 amide bonds. The fourth-order valence-corrected chi connectivity index (χ4v) is 2.92. The van der Waals surface area contributed by atoms with Gasteiger partial charge in [0.1, 0.15) is 0 Å². The van der Waals surface area contributed by atoms with Gasteiger partial charge in [0.05, 0.1) is 18.0 Å². The molecule has 1 aliphatic heterocycles. The maximum Gasteiger partial charge on any atom is 0.211 e. The highest BCUT2D eigenvalue weighted by Gasteiger charge is 2.21. The molecule has 2 atom stereocenters. The van der Waals surface area contributed by atoms with E-state index in [1.807, 2.05) is 0 Å². The highest BCUT2D eigenvalue weighted by molar-refractivity contribution is 7.89. The normalized spacial score (nSPS) is 26.4. The van der Waals surface area contributed by atoms with Crippen molar-refractivity contribution in [2.45, 2.75) is 45.8 Å². The Kier molecular flexibility index (Phi) is 6.55. The van der Waals surface area contributed by atoms with E-state index in [-0.39, 0.29) is 5.75 Å². The van der Waals surface area contributed by atoms with Crippen LogP contribution in [0.3, 0.4) is 0 Å². The molecule has 0 aromatic carbocycles. The molecule has 2 unspecified atom stereocenters. The van der Waals surface area contributed by atoms with Gasteiger partial charge in [-0.1, -0.05) is 0 Å². The second-order valence-corrected chi connectivity index (χ2v) is 7.12. The number of nitrogens with zero attached hydrogens (tertiary/aromatic N) is 1. The second-order valence-electron chi connectivity index (χ2n) is 5.02. The quantitative estimate of drug-likeness (QED) is 0.700. The molecular formula is C12H26N2O3S. The Labute approximate surface area is 111 Å². The van der Waals surface area contributed by atoms with Crippen molar-refractivity contribution in [1.82, 2.24) is 9.62 Å². The van der Waals surface area contributed by atoms with Crippen LogP contribution >= 0.6 is 0 Å². The minimum absolute atomic E-state index is 0.158. The van der Waals surface area contributed by atoms with Crippen molar-refractivity contribution >= 4 is 10.0 Å². The summed E-state index contributed by atoms with van der Waals surface area (Å²) in [5.74, 6) is 0.158. The predicted molar refractivity (Wildman–Crippen MR) is 73.1 cm³/mol. The first-order chi connectivity index (χ1) is 8.43. The van der Waals surface area contributed by atoms with E-state index in [2.05, 4.69) is 23.5 Å². The Morgan fingerprint density at radius 3 is 2.39 bits per heavy atom. The summed E-state index contributed by atoms with van der Waals surface area (Å²) in [6.07, 6.45) is 2.50. The van der Waals surface area contributed by atoms with Crippen molar-refractivity contribution in [2.75, 3.05) is 31.9 Å². The lowest BCUT2D eigenvalue weighted by atomic mass is 10.2. The maximum absolute atomic E-state index is 11.2. The first-order valence-electron chi connectivity index (χ1n) is 6.78. The second kappa shape index (κ2) is 7.43. The van der Waals surface area contributed by atoms with Crippen LogP contribution in [0.2, 0.25) is 0 Å². The van der Waals surface area contributed by atoms with Gasteiger partial charge in [-0.25, -0.2) is 13.1 Å². The Morgan fingerprint density at radius 2 is 1.83 bits per heavy atom. The molecule has 0 spiro atoms. The summed E-state index contributed by atoms with van der Waals surface area (Å²) in [5.41, 5.74) is 0. The van der Waals surface area contributed by atoms with Crippen molar-refractivity contribution in [3.63, 3.8) is 0 Å². The number of hydrogen-bond donors (Lipinski definition) is 1. The molecule has 0 radical (unpaired) electrons. The lowest BCUT2D eigenvalue weighted by Crippen LogP contribution is -2.45. The van der Waals surface area contributed by atoms with E-state index >= 15 is 0 Å². The molecule has 0 aromatic rings. The van der Waals surface area contributed by atoms with Crippen LogP contribution in [-0.2, 0) is 14.8 Å². The van der Waals surface area contributed by atoms with Gasteiger partial charge in [0.25, 0.3) is 0 Å². The molecule has 1 saturated heterocycles. The fourth-order valence-electron chi connectivity index (χ4n) is 2.26. The Morgan fingerprint density at radius 1 is 1.22 bits per heavy atom. The molecule has 5 nitrogen and oxygen atoms in total. The van der Waals surface area contributed by atoms with Crippen LogP contribution in [0.5, 0.6) is 0 Å². The number of unbranched alkanes of at least 4 members (excludes halogenated alkanes) is 1. The molecule has 0 aliphatic carbocycles. The van der Waals surface area contributed by atoms with Crippen molar-refractivity contribution in [3.05, 3.63) is 0 Å². The Bertz CT molecular complexity index is 322. The number of morpholine rings is 1. The summed E-state index contributed by atoms with van der Waals surface area (Å²) in [5, 5.41) is 0. The van der Waals surface area contributed by atoms with E-state index < -0.39 is 10.0 Å². The van der Waals surface area contributed by atoms with Gasteiger partial charge >= 0.3 is 0 Å². The van der Waals surface area contributed by atoms with Crippen LogP contribution in [0.25, 0.3) is 0 Å². The summed E-state index contributed by atoms with van der Waals surface area (Å²) >= 11 is 0. The minimum atomic E-state index is -3.03. The molecule has 1 rings (SSSR count). The van der Waals surface area contributed by atoms with Crippen LogP contribution in [0.4, 0.5) is 0 Å². The molecule has 108 valence electrons. The molecule has 1 fully saturated rings. The van der Waals surface area contributed by atoms with E-state index in [0.29, 0.717) is 18.8 Å². The molecule has 1 aliphatic rings. The number of hydrogen-bond acceptors (Lipinski definition) is 4. The topological polar surface area (TPSA) is 58.6 Å². The Hall–Kier alpha value is -0.170. The van der Waals surface area contributed by atoms with Gasteiger partial charge in [0, 0.05) is 19.6 Å². The van der Waals surface area contributed by atoms with Crippen LogP contribution in [0, 0.1) is 0 Å². The standard InChI is InChI=1S/C12H26N2O3S/c1-4-18(15,16)13-7-5-6-8-14-9-11(2)17-12(3)10-14/h11-13H,4-10H2,1-3H3. The zero-order valence-corrected chi connectivity index (χ0v) is 12.5. The summed E-state index contributed by atoms with van der Waals surface area (Å²) in [6.45, 7) is 9.36. The largest absolute Gasteiger partial charge is 0.373 e. The molecular weight excluding hydrogens is 252 g/mol. The van der Waals surface area contributed by atoms with Crippen molar-refractivity contribution in [3.8, 4) is 0 Å². The fraction of sp³-hybridized carbons (Fsp3) is 1.00. The monoisotopic (exact) mass is 278 g/mol. The number of nitrogens with one attached hydrogen (secondary N) is 1. The van der Waals surface area contributed by atoms with Gasteiger partial charge in [-0.15, -0.1) is 0 Å². The summed E-state index contributed by atoms with van der Waals surface area (Å²) in [6, 6.07) is 0. The van der Waals surface area contributed by atoms with Crippen molar-refractivity contribution < 1.29 is 13.2 Å². The van der Waals surface area contributed by atoms with Gasteiger partial charge < -0.3 is 4.74 Å². The zero-order valence-electron chi connectivity index (χ0n) is 11.7. The molecule has 1 N–H and O–H groups in total. The molecule has 1 heterocycles. The number of rotatable bonds is 7. The third-order valence-corrected chi connectivity index (χ3v) is 4.50. The van der Waals surface area contributed by atoms with Crippen LogP contribution in [-0.4, -0.2) is 57.5 Å². The summed E-state index contributed by atoms with van der Waals surface area (Å²) < 4.78 is 30.7. The number of sulfonamides is 1. The molecule has 0 saturated carbocycles. The van der Waals surface area contributed by atoms with E-state index in [4.69, 9.17) is 4.74 Å². The Balaban J connectivity index is 2.11. The molecule has 0 aromatic heterocycles. The molecule has 0 bridgehead atoms. The molecule has 6 heteroatoms. The summed E-state index contributed by atoms with van der Waals surface area (Å²) in [7, 11) is -3.03. The summed E-state index contributed by atoms with van der Waals surface area (Å²) in [4.78, 5) is 2.40. The van der Waals surface area contributed by atoms with E-state index in [9.17, 15) is 8.42 Å². The molecule has 18 heavy (non-hydrogen) atoms. The van der Waals surface area contributed by atoms with Gasteiger partial charge in [0.15, 0.2) is 0 Å². The van der Waals surface area contributed by atoms with Gasteiger partial charge in [-0.05, 0) is 40.2 Å². The first kappa shape index (κ1) is 15.9. The maximum atomic E-state index is 11.2. The first-order valence-corrected chi connectivity index (χ1v) is 8.43.